The van der Waals surface area contributed by atoms with Crippen LogP contribution in [-0.4, -0.2) is 33.1 Å². The fourth-order valence-electron chi connectivity index (χ4n) is 2.35. The zero-order chi connectivity index (χ0) is 13.8. The Kier molecular flexibility index (Phi) is 4.23. The number of rotatable bonds is 4. The van der Waals surface area contributed by atoms with Gasteiger partial charge >= 0.3 is 0 Å². The summed E-state index contributed by atoms with van der Waals surface area (Å²) in [6.45, 7) is 0.956. The molecule has 0 bridgehead atoms. The number of benzene rings is 2. The summed E-state index contributed by atoms with van der Waals surface area (Å²) in [5, 5.41) is 0. The summed E-state index contributed by atoms with van der Waals surface area (Å²) in [7, 11) is 8.39. The second kappa shape index (κ2) is 5.89. The molecule has 0 amide bonds. The zero-order valence-electron chi connectivity index (χ0n) is 12.2. The molecule has 0 heterocycles. The third-order valence-corrected chi connectivity index (χ3v) is 3.18. The van der Waals surface area contributed by atoms with Crippen LogP contribution in [0.4, 0.5) is 5.69 Å². The van der Waals surface area contributed by atoms with Crippen LogP contribution in [0.3, 0.4) is 0 Å². The minimum absolute atomic E-state index is 0.956. The third-order valence-electron chi connectivity index (χ3n) is 3.18. The Balaban J connectivity index is 2.53. The topological polar surface area (TPSA) is 6.48 Å². The normalized spacial score (nSPS) is 10.8. The lowest BCUT2D eigenvalue weighted by Crippen LogP contribution is -2.13. The standard InChI is InChI=1S/C17H22N2/c1-18(2)13-14-9-5-6-10-15(14)16-11-7-8-12-17(16)19(3)4/h5-12H,13H2,1-4H3. The van der Waals surface area contributed by atoms with Gasteiger partial charge in [0.15, 0.2) is 0 Å². The fourth-order valence-corrected chi connectivity index (χ4v) is 2.35. The van der Waals surface area contributed by atoms with E-state index in [0.717, 1.165) is 6.54 Å². The summed E-state index contributed by atoms with van der Waals surface area (Å²) >= 11 is 0. The van der Waals surface area contributed by atoms with Crippen molar-refractivity contribution >= 4 is 5.69 Å². The van der Waals surface area contributed by atoms with Gasteiger partial charge in [0.2, 0.25) is 0 Å². The molecule has 100 valence electrons. The molecular weight excluding hydrogens is 232 g/mol. The highest BCUT2D eigenvalue weighted by Crippen LogP contribution is 2.32. The molecule has 19 heavy (non-hydrogen) atoms. The van der Waals surface area contributed by atoms with Gasteiger partial charge < -0.3 is 9.80 Å². The Morgan fingerprint density at radius 1 is 0.737 bits per heavy atom. The van der Waals surface area contributed by atoms with Crippen molar-refractivity contribution in [2.45, 2.75) is 6.54 Å². The minimum atomic E-state index is 0.956. The largest absolute Gasteiger partial charge is 0.377 e. The molecule has 0 N–H and O–H groups in total. The van der Waals surface area contributed by atoms with Crippen molar-refractivity contribution in [3.8, 4) is 11.1 Å². The zero-order valence-corrected chi connectivity index (χ0v) is 12.2. The first-order valence-electron chi connectivity index (χ1n) is 6.59. The molecule has 0 atom stereocenters. The molecular formula is C17H22N2. The van der Waals surface area contributed by atoms with Gasteiger partial charge in [0.25, 0.3) is 0 Å². The molecule has 2 rings (SSSR count). The molecule has 2 aromatic carbocycles. The predicted molar refractivity (Wildman–Crippen MR) is 83.6 cm³/mol. The van der Waals surface area contributed by atoms with Crippen LogP contribution >= 0.6 is 0 Å². The molecule has 2 nitrogen and oxygen atoms in total. The van der Waals surface area contributed by atoms with Crippen molar-refractivity contribution in [3.05, 3.63) is 54.1 Å². The Labute approximate surface area is 116 Å². The Morgan fingerprint density at radius 3 is 1.95 bits per heavy atom. The van der Waals surface area contributed by atoms with E-state index in [1.807, 2.05) is 0 Å². The molecule has 0 saturated carbocycles. The first-order valence-corrected chi connectivity index (χ1v) is 6.59. The molecule has 0 unspecified atom stereocenters. The molecule has 2 aromatic rings. The van der Waals surface area contributed by atoms with Gasteiger partial charge in [-0.25, -0.2) is 0 Å². The molecule has 0 aliphatic carbocycles. The molecule has 0 radical (unpaired) electrons. The maximum absolute atomic E-state index is 2.21. The first kappa shape index (κ1) is 13.6. The van der Waals surface area contributed by atoms with Gasteiger partial charge in [-0.3, -0.25) is 0 Å². The van der Waals surface area contributed by atoms with Gasteiger partial charge in [-0.1, -0.05) is 42.5 Å². The second-order valence-electron chi connectivity index (χ2n) is 5.31. The Bertz CT molecular complexity index is 544. The monoisotopic (exact) mass is 254 g/mol. The van der Waals surface area contributed by atoms with Crippen molar-refractivity contribution < 1.29 is 0 Å². The maximum Gasteiger partial charge on any atom is 0.0440 e. The van der Waals surface area contributed by atoms with E-state index in [0.29, 0.717) is 0 Å². The highest BCUT2D eigenvalue weighted by atomic mass is 15.1. The maximum atomic E-state index is 2.21. The molecule has 0 aliphatic heterocycles. The Hall–Kier alpha value is -1.80. The first-order chi connectivity index (χ1) is 9.09. The number of anilines is 1. The van der Waals surface area contributed by atoms with Crippen LogP contribution in [0.5, 0.6) is 0 Å². The van der Waals surface area contributed by atoms with Crippen molar-refractivity contribution in [1.82, 2.24) is 4.90 Å². The van der Waals surface area contributed by atoms with Gasteiger partial charge in [0.1, 0.15) is 0 Å². The minimum Gasteiger partial charge on any atom is -0.377 e. The lowest BCUT2D eigenvalue weighted by Gasteiger charge is -2.20. The van der Waals surface area contributed by atoms with Gasteiger partial charge in [0.05, 0.1) is 0 Å². The molecule has 0 fully saturated rings. The number of para-hydroxylation sites is 1. The van der Waals surface area contributed by atoms with Crippen LogP contribution in [0.2, 0.25) is 0 Å². The summed E-state index contributed by atoms with van der Waals surface area (Å²) in [6.07, 6.45) is 0. The Morgan fingerprint density at radius 2 is 1.32 bits per heavy atom. The highest BCUT2D eigenvalue weighted by molar-refractivity contribution is 5.80. The summed E-state index contributed by atoms with van der Waals surface area (Å²) in [5.74, 6) is 0. The fraction of sp³-hybridized carbons (Fsp3) is 0.294. The van der Waals surface area contributed by atoms with E-state index in [4.69, 9.17) is 0 Å². The van der Waals surface area contributed by atoms with Crippen LogP contribution < -0.4 is 4.90 Å². The predicted octanol–water partition coefficient (Wildman–Crippen LogP) is 3.48. The quantitative estimate of drug-likeness (QED) is 0.824. The number of hydrogen-bond donors (Lipinski definition) is 0. The van der Waals surface area contributed by atoms with E-state index in [1.54, 1.807) is 0 Å². The van der Waals surface area contributed by atoms with E-state index in [1.165, 1.54) is 22.4 Å². The van der Waals surface area contributed by atoms with Gasteiger partial charge in [-0.05, 0) is 31.3 Å². The molecule has 0 spiro atoms. The van der Waals surface area contributed by atoms with Crippen molar-refractivity contribution in [2.75, 3.05) is 33.1 Å². The van der Waals surface area contributed by atoms with E-state index >= 15 is 0 Å². The van der Waals surface area contributed by atoms with Crippen LogP contribution in [0.1, 0.15) is 5.56 Å². The van der Waals surface area contributed by atoms with Crippen LogP contribution in [0.15, 0.2) is 48.5 Å². The van der Waals surface area contributed by atoms with Gasteiger partial charge in [0, 0.05) is 31.9 Å². The van der Waals surface area contributed by atoms with Gasteiger partial charge in [-0.15, -0.1) is 0 Å². The van der Waals surface area contributed by atoms with E-state index in [-0.39, 0.29) is 0 Å². The van der Waals surface area contributed by atoms with Crippen LogP contribution in [0, 0.1) is 0 Å². The molecule has 2 heteroatoms. The van der Waals surface area contributed by atoms with E-state index < -0.39 is 0 Å². The third kappa shape index (κ3) is 3.15. The van der Waals surface area contributed by atoms with Crippen molar-refractivity contribution in [3.63, 3.8) is 0 Å². The molecule has 0 aromatic heterocycles. The SMILES string of the molecule is CN(C)Cc1ccccc1-c1ccccc1N(C)C. The van der Waals surface area contributed by atoms with E-state index in [9.17, 15) is 0 Å². The lowest BCUT2D eigenvalue weighted by atomic mass is 9.97. The number of nitrogens with zero attached hydrogens (tertiary/aromatic N) is 2. The average molecular weight is 254 g/mol. The van der Waals surface area contributed by atoms with Gasteiger partial charge in [-0.2, -0.15) is 0 Å². The molecule has 0 aliphatic rings. The lowest BCUT2D eigenvalue weighted by molar-refractivity contribution is 0.403. The van der Waals surface area contributed by atoms with Crippen LogP contribution in [0.25, 0.3) is 11.1 Å². The summed E-state index contributed by atoms with van der Waals surface area (Å²) < 4.78 is 0. The molecule has 0 saturated heterocycles. The summed E-state index contributed by atoms with van der Waals surface area (Å²) in [4.78, 5) is 4.37. The second-order valence-corrected chi connectivity index (χ2v) is 5.31. The summed E-state index contributed by atoms with van der Waals surface area (Å²) in [6, 6.07) is 17.2. The van der Waals surface area contributed by atoms with Crippen molar-refractivity contribution in [2.24, 2.45) is 0 Å². The highest BCUT2D eigenvalue weighted by Gasteiger charge is 2.10. The summed E-state index contributed by atoms with van der Waals surface area (Å²) in [5.41, 5.74) is 5.24. The number of hydrogen-bond acceptors (Lipinski definition) is 2. The van der Waals surface area contributed by atoms with E-state index in [2.05, 4.69) is 86.5 Å². The van der Waals surface area contributed by atoms with Crippen molar-refractivity contribution in [1.29, 1.82) is 0 Å². The average Bonchev–Trinajstić information content (AvgIpc) is 2.38. The smallest absolute Gasteiger partial charge is 0.0440 e. The van der Waals surface area contributed by atoms with Crippen LogP contribution in [-0.2, 0) is 6.54 Å².